The third-order valence-electron chi connectivity index (χ3n) is 3.82. The van der Waals surface area contributed by atoms with Crippen LogP contribution in [0.25, 0.3) is 0 Å². The van der Waals surface area contributed by atoms with Gasteiger partial charge in [0.05, 0.1) is 18.4 Å². The van der Waals surface area contributed by atoms with Crippen LogP contribution in [0.5, 0.6) is 0 Å². The van der Waals surface area contributed by atoms with E-state index in [1.54, 1.807) is 0 Å². The Kier molecular flexibility index (Phi) is 12.3. The fourth-order valence-corrected chi connectivity index (χ4v) is 3.45. The largest absolute Gasteiger partial charge is 0.481 e. The fraction of sp³-hybridized carbons (Fsp3) is 0.562. The van der Waals surface area contributed by atoms with Crippen LogP contribution in [-0.2, 0) is 33.6 Å². The summed E-state index contributed by atoms with van der Waals surface area (Å²) in [6, 6.07) is -2.94. The van der Waals surface area contributed by atoms with Crippen LogP contribution in [0.15, 0.2) is 0 Å². The fourth-order valence-electron chi connectivity index (χ4n) is 2.23. The standard InChI is InChI=1S/C16H23N3O12S/c17-7(1-2-9(20)21)13(26)19-8(14(27)18-4-11(24)25)5-32-12(16(30)31)6(15(28)29)3-10(22)23/h6-8,12H,1-5,17H2,(H,18,27)(H,19,26)(H,20,21)(H,22,23)(H,24,25)(H,28,29)(H,30,31)/t6?,7-,8-,12?/m0/s1. The maximum atomic E-state index is 12.2. The highest BCUT2D eigenvalue weighted by molar-refractivity contribution is 8.00. The number of carboxylic acid groups (broad SMARTS) is 5. The van der Waals surface area contributed by atoms with Crippen LogP contribution >= 0.6 is 11.8 Å². The minimum Gasteiger partial charge on any atom is -0.481 e. The molecule has 4 atom stereocenters. The highest BCUT2D eigenvalue weighted by atomic mass is 32.2. The van der Waals surface area contributed by atoms with Crippen LogP contribution < -0.4 is 16.4 Å². The molecular weight excluding hydrogens is 458 g/mol. The third kappa shape index (κ3) is 11.1. The van der Waals surface area contributed by atoms with Gasteiger partial charge in [-0.3, -0.25) is 33.6 Å². The number of thioether (sulfide) groups is 1. The van der Waals surface area contributed by atoms with Crippen LogP contribution in [0.1, 0.15) is 19.3 Å². The molecule has 0 heterocycles. The lowest BCUT2D eigenvalue weighted by Gasteiger charge is -2.23. The van der Waals surface area contributed by atoms with Gasteiger partial charge in [0.2, 0.25) is 11.8 Å². The van der Waals surface area contributed by atoms with Crippen molar-refractivity contribution in [1.82, 2.24) is 10.6 Å². The van der Waals surface area contributed by atoms with Crippen molar-refractivity contribution in [3.63, 3.8) is 0 Å². The van der Waals surface area contributed by atoms with Gasteiger partial charge in [0.15, 0.2) is 0 Å². The van der Waals surface area contributed by atoms with E-state index < -0.39 is 90.1 Å². The highest BCUT2D eigenvalue weighted by Gasteiger charge is 2.37. The van der Waals surface area contributed by atoms with Gasteiger partial charge in [-0.1, -0.05) is 0 Å². The Morgan fingerprint density at radius 1 is 0.812 bits per heavy atom. The predicted molar refractivity (Wildman–Crippen MR) is 105 cm³/mol. The van der Waals surface area contributed by atoms with Crippen molar-refractivity contribution in [2.75, 3.05) is 12.3 Å². The molecule has 180 valence electrons. The molecule has 2 unspecified atom stereocenters. The number of hydrogen-bond donors (Lipinski definition) is 8. The molecule has 0 aliphatic rings. The van der Waals surface area contributed by atoms with E-state index in [0.29, 0.717) is 11.8 Å². The summed E-state index contributed by atoms with van der Waals surface area (Å²) in [4.78, 5) is 79.3. The summed E-state index contributed by atoms with van der Waals surface area (Å²) < 4.78 is 0. The minimum atomic E-state index is -1.87. The van der Waals surface area contributed by atoms with Gasteiger partial charge >= 0.3 is 29.8 Å². The van der Waals surface area contributed by atoms with Crippen molar-refractivity contribution in [2.45, 2.75) is 36.6 Å². The molecule has 0 bridgehead atoms. The predicted octanol–water partition coefficient (Wildman–Crippen LogP) is -2.77. The summed E-state index contributed by atoms with van der Waals surface area (Å²) in [5.74, 6) is -12.1. The van der Waals surface area contributed by atoms with E-state index in [0.717, 1.165) is 0 Å². The molecule has 0 aromatic carbocycles. The van der Waals surface area contributed by atoms with E-state index in [9.17, 15) is 38.7 Å². The molecule has 15 nitrogen and oxygen atoms in total. The van der Waals surface area contributed by atoms with Gasteiger partial charge in [-0.05, 0) is 6.42 Å². The van der Waals surface area contributed by atoms with Crippen LogP contribution in [0.3, 0.4) is 0 Å². The van der Waals surface area contributed by atoms with E-state index >= 15 is 0 Å². The molecule has 0 spiro atoms. The van der Waals surface area contributed by atoms with Crippen molar-refractivity contribution >= 4 is 53.4 Å². The van der Waals surface area contributed by atoms with E-state index in [2.05, 4.69) is 5.32 Å². The number of aliphatic carboxylic acids is 5. The normalized spacial score (nSPS) is 14.3. The maximum absolute atomic E-state index is 12.2. The number of carboxylic acids is 5. The molecule has 0 saturated carbocycles. The summed E-state index contributed by atoms with van der Waals surface area (Å²) in [7, 11) is 0. The first-order valence-electron chi connectivity index (χ1n) is 8.82. The molecule has 32 heavy (non-hydrogen) atoms. The number of amides is 2. The zero-order valence-corrected chi connectivity index (χ0v) is 17.2. The van der Waals surface area contributed by atoms with Gasteiger partial charge in [-0.25, -0.2) is 0 Å². The molecule has 16 heteroatoms. The Hall–Kier alpha value is -3.40. The van der Waals surface area contributed by atoms with Gasteiger partial charge in [-0.15, -0.1) is 11.8 Å². The van der Waals surface area contributed by atoms with E-state index in [4.69, 9.17) is 26.2 Å². The van der Waals surface area contributed by atoms with Crippen molar-refractivity contribution in [3.05, 3.63) is 0 Å². The first-order chi connectivity index (χ1) is 14.8. The maximum Gasteiger partial charge on any atom is 0.322 e. The zero-order valence-electron chi connectivity index (χ0n) is 16.4. The SMILES string of the molecule is N[C@@H](CCC(=O)O)C(=O)N[C@@H](CSC(C(=O)O)C(CC(=O)O)C(=O)O)C(=O)NCC(=O)O. The number of carbonyl (C=O) groups is 7. The van der Waals surface area contributed by atoms with Gasteiger partial charge < -0.3 is 41.9 Å². The van der Waals surface area contributed by atoms with Crippen LogP contribution in [0.2, 0.25) is 0 Å². The molecule has 0 saturated heterocycles. The van der Waals surface area contributed by atoms with Gasteiger partial charge in [0, 0.05) is 12.2 Å². The second kappa shape index (κ2) is 13.8. The molecule has 9 N–H and O–H groups in total. The van der Waals surface area contributed by atoms with E-state index in [-0.39, 0.29) is 6.42 Å². The lowest BCUT2D eigenvalue weighted by molar-refractivity contribution is -0.151. The average Bonchev–Trinajstić information content (AvgIpc) is 2.67. The van der Waals surface area contributed by atoms with Crippen molar-refractivity contribution in [2.24, 2.45) is 11.7 Å². The first kappa shape index (κ1) is 28.6. The molecule has 2 amide bonds. The monoisotopic (exact) mass is 481 g/mol. The summed E-state index contributed by atoms with van der Waals surface area (Å²) in [5, 5.41) is 46.9. The molecule has 0 aliphatic carbocycles. The lowest BCUT2D eigenvalue weighted by Crippen LogP contribution is -2.53. The Morgan fingerprint density at radius 3 is 1.84 bits per heavy atom. The molecule has 0 aliphatic heterocycles. The summed E-state index contributed by atoms with van der Waals surface area (Å²) in [6.45, 7) is -0.847. The molecule has 0 rings (SSSR count). The van der Waals surface area contributed by atoms with Crippen LogP contribution in [0.4, 0.5) is 0 Å². The molecule has 0 aromatic rings. The number of hydrogen-bond acceptors (Lipinski definition) is 9. The summed E-state index contributed by atoms with van der Waals surface area (Å²) in [5.41, 5.74) is 5.54. The number of carbonyl (C=O) groups excluding carboxylic acids is 2. The Labute approximate surface area is 184 Å². The average molecular weight is 481 g/mol. The molecule has 0 radical (unpaired) electrons. The van der Waals surface area contributed by atoms with Crippen LogP contribution in [0, 0.1) is 5.92 Å². The molecule has 0 fully saturated rings. The first-order valence-corrected chi connectivity index (χ1v) is 9.87. The van der Waals surface area contributed by atoms with Gasteiger partial charge in [0.1, 0.15) is 17.8 Å². The summed E-state index contributed by atoms with van der Waals surface area (Å²) in [6.07, 6.45) is -1.79. The van der Waals surface area contributed by atoms with Gasteiger partial charge in [-0.2, -0.15) is 0 Å². The highest BCUT2D eigenvalue weighted by Crippen LogP contribution is 2.24. The number of nitrogens with one attached hydrogen (secondary N) is 2. The summed E-state index contributed by atoms with van der Waals surface area (Å²) >= 11 is 0.349. The second-order valence-corrected chi connectivity index (χ2v) is 7.52. The molecular formula is C16H23N3O12S. The smallest absolute Gasteiger partial charge is 0.322 e. The van der Waals surface area contributed by atoms with E-state index in [1.165, 1.54) is 0 Å². The zero-order chi connectivity index (χ0) is 25.0. The van der Waals surface area contributed by atoms with Crippen LogP contribution in [-0.4, -0.2) is 96.8 Å². The van der Waals surface area contributed by atoms with Crippen molar-refractivity contribution in [3.8, 4) is 0 Å². The lowest BCUT2D eigenvalue weighted by atomic mass is 10.0. The van der Waals surface area contributed by atoms with Crippen molar-refractivity contribution < 1.29 is 59.1 Å². The molecule has 0 aromatic heterocycles. The van der Waals surface area contributed by atoms with Crippen molar-refractivity contribution in [1.29, 1.82) is 0 Å². The number of nitrogens with two attached hydrogens (primary N) is 1. The topological polar surface area (TPSA) is 271 Å². The Balaban J connectivity index is 5.49. The quantitative estimate of drug-likeness (QED) is 0.111. The van der Waals surface area contributed by atoms with Gasteiger partial charge in [0.25, 0.3) is 0 Å². The Bertz CT molecular complexity index is 759. The Morgan fingerprint density at radius 2 is 1.41 bits per heavy atom. The number of rotatable bonds is 16. The minimum absolute atomic E-state index is 0.296. The van der Waals surface area contributed by atoms with E-state index in [1.807, 2.05) is 5.32 Å². The third-order valence-corrected chi connectivity index (χ3v) is 5.23. The second-order valence-electron chi connectivity index (χ2n) is 6.35.